The molecule has 0 amide bonds. The second-order valence-corrected chi connectivity index (χ2v) is 3.77. The van der Waals surface area contributed by atoms with Crippen LogP contribution in [0, 0.1) is 0 Å². The van der Waals surface area contributed by atoms with E-state index in [1.807, 2.05) is 19.1 Å². The standard InChI is InChI=1S/C12H10O2/c1-7-11-9-5-3-2-4-8(9)6-10(11)12(13)14-7/h2-5,7H,6H2,1H3. The predicted octanol–water partition coefficient (Wildman–Crippen LogP) is 1.94. The molecule has 1 heterocycles. The van der Waals surface area contributed by atoms with Crippen LogP contribution in [0.3, 0.4) is 0 Å². The van der Waals surface area contributed by atoms with Crippen LogP contribution in [0.5, 0.6) is 0 Å². The number of carbonyl (C=O) groups excluding carboxylic acids is 1. The van der Waals surface area contributed by atoms with Gasteiger partial charge in [-0.05, 0) is 18.1 Å². The Bertz CT molecular complexity index is 457. The Morgan fingerprint density at radius 1 is 1.36 bits per heavy atom. The number of carbonyl (C=O) groups is 1. The number of fused-ring (bicyclic) bond motifs is 2. The van der Waals surface area contributed by atoms with Gasteiger partial charge in [0.15, 0.2) is 0 Å². The third-order valence-electron chi connectivity index (χ3n) is 2.94. The average Bonchev–Trinajstić information content (AvgIpc) is 2.66. The number of rotatable bonds is 0. The molecule has 0 saturated heterocycles. The molecule has 0 N–H and O–H groups in total. The van der Waals surface area contributed by atoms with E-state index in [1.165, 1.54) is 11.1 Å². The van der Waals surface area contributed by atoms with Gasteiger partial charge in [-0.15, -0.1) is 0 Å². The zero-order chi connectivity index (χ0) is 9.71. The molecule has 2 aliphatic rings. The van der Waals surface area contributed by atoms with E-state index in [9.17, 15) is 4.79 Å². The summed E-state index contributed by atoms with van der Waals surface area (Å²) in [5, 5.41) is 0. The van der Waals surface area contributed by atoms with Crippen LogP contribution < -0.4 is 0 Å². The molecule has 14 heavy (non-hydrogen) atoms. The second-order valence-electron chi connectivity index (χ2n) is 3.77. The normalized spacial score (nSPS) is 23.5. The topological polar surface area (TPSA) is 26.3 Å². The Morgan fingerprint density at radius 2 is 2.14 bits per heavy atom. The van der Waals surface area contributed by atoms with Crippen molar-refractivity contribution in [1.82, 2.24) is 0 Å². The zero-order valence-electron chi connectivity index (χ0n) is 7.91. The minimum atomic E-state index is -0.135. The summed E-state index contributed by atoms with van der Waals surface area (Å²) in [5.74, 6) is -0.135. The number of benzene rings is 1. The molecule has 2 nitrogen and oxygen atoms in total. The quantitative estimate of drug-likeness (QED) is 0.579. The van der Waals surface area contributed by atoms with Gasteiger partial charge in [0.05, 0.1) is 0 Å². The zero-order valence-corrected chi connectivity index (χ0v) is 7.91. The number of hydrogen-bond acceptors (Lipinski definition) is 2. The molecule has 3 rings (SSSR count). The minimum Gasteiger partial charge on any atom is -0.454 e. The maximum Gasteiger partial charge on any atom is 0.335 e. The van der Waals surface area contributed by atoms with Gasteiger partial charge < -0.3 is 4.74 Å². The summed E-state index contributed by atoms with van der Waals surface area (Å²) in [6.07, 6.45) is 0.676. The van der Waals surface area contributed by atoms with Crippen molar-refractivity contribution in [2.75, 3.05) is 0 Å². The van der Waals surface area contributed by atoms with Crippen LogP contribution in [0.1, 0.15) is 18.1 Å². The number of hydrogen-bond donors (Lipinski definition) is 0. The highest BCUT2D eigenvalue weighted by molar-refractivity contribution is 6.05. The van der Waals surface area contributed by atoms with Crippen molar-refractivity contribution in [1.29, 1.82) is 0 Å². The molecular weight excluding hydrogens is 176 g/mol. The van der Waals surface area contributed by atoms with Gasteiger partial charge in [0.2, 0.25) is 0 Å². The van der Waals surface area contributed by atoms with Gasteiger partial charge in [-0.25, -0.2) is 4.79 Å². The van der Waals surface area contributed by atoms with Crippen LogP contribution in [0.4, 0.5) is 0 Å². The van der Waals surface area contributed by atoms with Gasteiger partial charge in [0.1, 0.15) is 6.10 Å². The monoisotopic (exact) mass is 186 g/mol. The van der Waals surface area contributed by atoms with Gasteiger partial charge in [0.25, 0.3) is 0 Å². The maximum absolute atomic E-state index is 11.5. The van der Waals surface area contributed by atoms with Crippen LogP contribution in [0.15, 0.2) is 29.8 Å². The van der Waals surface area contributed by atoms with Crippen molar-refractivity contribution >= 4 is 11.5 Å². The van der Waals surface area contributed by atoms with Gasteiger partial charge >= 0.3 is 5.97 Å². The molecule has 0 aromatic heterocycles. The second kappa shape index (κ2) is 2.47. The molecular formula is C12H10O2. The fourth-order valence-electron chi connectivity index (χ4n) is 2.32. The fourth-order valence-corrected chi connectivity index (χ4v) is 2.32. The molecule has 1 atom stereocenters. The number of cyclic esters (lactones) is 1. The molecule has 1 aromatic carbocycles. The van der Waals surface area contributed by atoms with Crippen molar-refractivity contribution < 1.29 is 9.53 Å². The highest BCUT2D eigenvalue weighted by Gasteiger charge is 2.36. The molecule has 1 aliphatic carbocycles. The largest absolute Gasteiger partial charge is 0.454 e. The smallest absolute Gasteiger partial charge is 0.335 e. The van der Waals surface area contributed by atoms with E-state index in [2.05, 4.69) is 12.1 Å². The predicted molar refractivity (Wildman–Crippen MR) is 52.6 cm³/mol. The van der Waals surface area contributed by atoms with Crippen molar-refractivity contribution in [3.05, 3.63) is 41.0 Å². The number of ether oxygens (including phenoxy) is 1. The van der Waals surface area contributed by atoms with Gasteiger partial charge in [-0.2, -0.15) is 0 Å². The van der Waals surface area contributed by atoms with Crippen molar-refractivity contribution in [3.8, 4) is 0 Å². The molecule has 1 aliphatic heterocycles. The molecule has 0 radical (unpaired) electrons. The summed E-state index contributed by atoms with van der Waals surface area (Å²) in [6, 6.07) is 8.16. The van der Waals surface area contributed by atoms with Gasteiger partial charge in [-0.1, -0.05) is 24.3 Å². The van der Waals surface area contributed by atoms with Crippen molar-refractivity contribution in [3.63, 3.8) is 0 Å². The Labute approximate surface area is 82.2 Å². The summed E-state index contributed by atoms with van der Waals surface area (Å²) in [6.45, 7) is 1.93. The van der Waals surface area contributed by atoms with E-state index in [0.717, 1.165) is 17.6 Å². The lowest BCUT2D eigenvalue weighted by Crippen LogP contribution is -2.08. The molecule has 1 unspecified atom stereocenters. The molecule has 1 aromatic rings. The van der Waals surface area contributed by atoms with E-state index >= 15 is 0 Å². The van der Waals surface area contributed by atoms with E-state index in [-0.39, 0.29) is 12.1 Å². The Hall–Kier alpha value is -1.57. The van der Waals surface area contributed by atoms with Gasteiger partial charge in [0, 0.05) is 17.6 Å². The summed E-state index contributed by atoms with van der Waals surface area (Å²) < 4.78 is 5.17. The lowest BCUT2D eigenvalue weighted by molar-refractivity contribution is -0.139. The lowest BCUT2D eigenvalue weighted by atomic mass is 10.0. The first-order valence-electron chi connectivity index (χ1n) is 4.79. The Balaban J connectivity index is 2.21. The van der Waals surface area contributed by atoms with Crippen LogP contribution in [0.2, 0.25) is 0 Å². The molecule has 0 saturated carbocycles. The minimum absolute atomic E-state index is 0.0684. The maximum atomic E-state index is 11.5. The van der Waals surface area contributed by atoms with E-state index < -0.39 is 0 Å². The highest BCUT2D eigenvalue weighted by atomic mass is 16.5. The van der Waals surface area contributed by atoms with Gasteiger partial charge in [-0.3, -0.25) is 0 Å². The van der Waals surface area contributed by atoms with Crippen LogP contribution in [-0.2, 0) is 16.0 Å². The molecule has 2 heteroatoms. The fraction of sp³-hybridized carbons (Fsp3) is 0.250. The molecule has 70 valence electrons. The van der Waals surface area contributed by atoms with Crippen molar-refractivity contribution in [2.45, 2.75) is 19.4 Å². The summed E-state index contributed by atoms with van der Waals surface area (Å²) in [7, 11) is 0. The van der Waals surface area contributed by atoms with Crippen LogP contribution in [-0.4, -0.2) is 12.1 Å². The first-order chi connectivity index (χ1) is 6.77. The summed E-state index contributed by atoms with van der Waals surface area (Å²) >= 11 is 0. The molecule has 0 bridgehead atoms. The molecule has 0 spiro atoms. The number of esters is 1. The highest BCUT2D eigenvalue weighted by Crippen LogP contribution is 2.40. The average molecular weight is 186 g/mol. The summed E-state index contributed by atoms with van der Waals surface area (Å²) in [5.41, 5.74) is 4.41. The first-order valence-corrected chi connectivity index (χ1v) is 4.79. The van der Waals surface area contributed by atoms with E-state index in [4.69, 9.17) is 4.74 Å². The Kier molecular flexibility index (Phi) is 1.38. The van der Waals surface area contributed by atoms with Crippen LogP contribution >= 0.6 is 0 Å². The van der Waals surface area contributed by atoms with Crippen LogP contribution in [0.25, 0.3) is 5.57 Å². The third-order valence-corrected chi connectivity index (χ3v) is 2.94. The van der Waals surface area contributed by atoms with E-state index in [1.54, 1.807) is 0 Å². The summed E-state index contributed by atoms with van der Waals surface area (Å²) in [4.78, 5) is 11.5. The molecule has 0 fully saturated rings. The SMILES string of the molecule is CC1OC(=O)C2=C1c1ccccc1C2. The third kappa shape index (κ3) is 0.830. The van der Waals surface area contributed by atoms with E-state index in [0.29, 0.717) is 0 Å². The lowest BCUT2D eigenvalue weighted by Gasteiger charge is -2.09. The van der Waals surface area contributed by atoms with Crippen molar-refractivity contribution in [2.24, 2.45) is 0 Å². The first kappa shape index (κ1) is 7.80. The Morgan fingerprint density at radius 3 is 3.00 bits per heavy atom.